The number of hydrogen-bond acceptors (Lipinski definition) is 4. The van der Waals surface area contributed by atoms with E-state index in [4.69, 9.17) is 0 Å². The number of anilines is 1. The van der Waals surface area contributed by atoms with E-state index in [1.807, 2.05) is 24.8 Å². The fourth-order valence-electron chi connectivity index (χ4n) is 1.41. The van der Waals surface area contributed by atoms with Gasteiger partial charge in [0.15, 0.2) is 0 Å². The molecule has 0 amide bonds. The summed E-state index contributed by atoms with van der Waals surface area (Å²) in [6.07, 6.45) is 3.84. The Kier molecular flexibility index (Phi) is 6.23. The zero-order valence-corrected chi connectivity index (χ0v) is 11.2. The van der Waals surface area contributed by atoms with Crippen LogP contribution in [0.4, 0.5) is 5.82 Å². The Labute approximate surface area is 102 Å². The fourth-order valence-corrected chi connectivity index (χ4v) is 2.36. The Bertz CT molecular complexity index is 315. The molecule has 0 radical (unpaired) electrons. The van der Waals surface area contributed by atoms with Crippen molar-refractivity contribution in [3.05, 3.63) is 11.9 Å². The molecule has 0 atom stereocenters. The zero-order chi connectivity index (χ0) is 11.8. The van der Waals surface area contributed by atoms with E-state index in [1.54, 1.807) is 0 Å². The van der Waals surface area contributed by atoms with Crippen LogP contribution in [0.1, 0.15) is 38.9 Å². The van der Waals surface area contributed by atoms with Crippen LogP contribution < -0.4 is 5.32 Å². The molecule has 0 bridgehead atoms. The van der Waals surface area contributed by atoms with E-state index >= 15 is 0 Å². The van der Waals surface area contributed by atoms with Crippen LogP contribution >= 0.6 is 11.8 Å². The van der Waals surface area contributed by atoms with Crippen LogP contribution in [0, 0.1) is 6.92 Å². The van der Waals surface area contributed by atoms with Gasteiger partial charge in [-0.1, -0.05) is 19.8 Å². The van der Waals surface area contributed by atoms with Crippen molar-refractivity contribution in [2.75, 3.05) is 17.6 Å². The molecule has 3 nitrogen and oxygen atoms in total. The Balaban J connectivity index is 2.51. The molecule has 0 aliphatic rings. The van der Waals surface area contributed by atoms with Crippen molar-refractivity contribution in [3.63, 3.8) is 0 Å². The maximum Gasteiger partial charge on any atom is 0.130 e. The summed E-state index contributed by atoms with van der Waals surface area (Å²) in [6, 6.07) is 2.03. The summed E-state index contributed by atoms with van der Waals surface area (Å²) in [6.45, 7) is 7.14. The lowest BCUT2D eigenvalue weighted by molar-refractivity contribution is 0.778. The minimum atomic E-state index is 0.844. The van der Waals surface area contributed by atoms with Gasteiger partial charge >= 0.3 is 0 Å². The van der Waals surface area contributed by atoms with Gasteiger partial charge in [0.2, 0.25) is 0 Å². The summed E-state index contributed by atoms with van der Waals surface area (Å²) in [7, 11) is 0. The lowest BCUT2D eigenvalue weighted by Crippen LogP contribution is -2.02. The molecule has 0 aliphatic carbocycles. The second kappa shape index (κ2) is 7.49. The van der Waals surface area contributed by atoms with Crippen molar-refractivity contribution in [2.24, 2.45) is 0 Å². The Hall–Kier alpha value is -0.770. The Morgan fingerprint density at radius 1 is 1.25 bits per heavy atom. The van der Waals surface area contributed by atoms with Gasteiger partial charge in [0, 0.05) is 12.6 Å². The van der Waals surface area contributed by atoms with Gasteiger partial charge in [-0.25, -0.2) is 9.97 Å². The normalized spacial score (nSPS) is 10.4. The molecule has 1 N–H and O–H groups in total. The summed E-state index contributed by atoms with van der Waals surface area (Å²) < 4.78 is 0. The molecule has 1 aromatic heterocycles. The summed E-state index contributed by atoms with van der Waals surface area (Å²) in [5.41, 5.74) is 0. The standard InChI is InChI=1S/C12H21N3S/c1-4-6-7-8-16-12-9-11(13-5-2)14-10(3)15-12/h9H,4-8H2,1-3H3,(H,13,14,15). The predicted molar refractivity (Wildman–Crippen MR) is 71.2 cm³/mol. The quantitative estimate of drug-likeness (QED) is 0.449. The van der Waals surface area contributed by atoms with Crippen LogP contribution in [0.5, 0.6) is 0 Å². The lowest BCUT2D eigenvalue weighted by Gasteiger charge is -2.06. The molecular formula is C12H21N3S. The van der Waals surface area contributed by atoms with Crippen molar-refractivity contribution in [2.45, 2.75) is 45.1 Å². The van der Waals surface area contributed by atoms with E-state index in [2.05, 4.69) is 29.1 Å². The monoisotopic (exact) mass is 239 g/mol. The Morgan fingerprint density at radius 2 is 2.06 bits per heavy atom. The number of rotatable bonds is 7. The van der Waals surface area contributed by atoms with Gasteiger partial charge in [-0.05, 0) is 26.0 Å². The molecular weight excluding hydrogens is 218 g/mol. The molecule has 0 aliphatic heterocycles. The molecule has 1 rings (SSSR count). The van der Waals surface area contributed by atoms with Crippen molar-refractivity contribution in [3.8, 4) is 0 Å². The summed E-state index contributed by atoms with van der Waals surface area (Å²) >= 11 is 1.82. The van der Waals surface area contributed by atoms with Crippen molar-refractivity contribution >= 4 is 17.6 Å². The van der Waals surface area contributed by atoms with Gasteiger partial charge in [-0.2, -0.15) is 0 Å². The molecule has 0 saturated carbocycles. The second-order valence-corrected chi connectivity index (χ2v) is 4.84. The maximum absolute atomic E-state index is 4.43. The lowest BCUT2D eigenvalue weighted by atomic mass is 10.3. The number of aryl methyl sites for hydroxylation is 1. The van der Waals surface area contributed by atoms with Crippen LogP contribution in [0.25, 0.3) is 0 Å². The minimum Gasteiger partial charge on any atom is -0.370 e. The van der Waals surface area contributed by atoms with Gasteiger partial charge in [0.25, 0.3) is 0 Å². The first-order valence-corrected chi connectivity index (χ1v) is 6.97. The van der Waals surface area contributed by atoms with Crippen LogP contribution in [0.2, 0.25) is 0 Å². The van der Waals surface area contributed by atoms with Gasteiger partial charge in [-0.3, -0.25) is 0 Å². The highest BCUT2D eigenvalue weighted by Gasteiger charge is 2.01. The number of nitrogens with zero attached hydrogens (tertiary/aromatic N) is 2. The van der Waals surface area contributed by atoms with E-state index in [0.29, 0.717) is 0 Å². The molecule has 1 heterocycles. The first-order valence-electron chi connectivity index (χ1n) is 5.98. The SMILES string of the molecule is CCCCCSc1cc(NCC)nc(C)n1. The van der Waals surface area contributed by atoms with E-state index in [0.717, 1.165) is 29.0 Å². The molecule has 0 fully saturated rings. The topological polar surface area (TPSA) is 37.8 Å². The van der Waals surface area contributed by atoms with Gasteiger partial charge < -0.3 is 5.32 Å². The number of aromatic nitrogens is 2. The van der Waals surface area contributed by atoms with Crippen molar-refractivity contribution < 1.29 is 0 Å². The number of unbranched alkanes of at least 4 members (excludes halogenated alkanes) is 2. The van der Waals surface area contributed by atoms with E-state index in [1.165, 1.54) is 19.3 Å². The van der Waals surface area contributed by atoms with Crippen LogP contribution in [0.3, 0.4) is 0 Å². The molecule has 4 heteroatoms. The first kappa shape index (κ1) is 13.3. The maximum atomic E-state index is 4.43. The van der Waals surface area contributed by atoms with Crippen molar-refractivity contribution in [1.82, 2.24) is 9.97 Å². The summed E-state index contributed by atoms with van der Waals surface area (Å²) in [4.78, 5) is 8.76. The molecule has 16 heavy (non-hydrogen) atoms. The van der Waals surface area contributed by atoms with Gasteiger partial charge in [0.05, 0.1) is 0 Å². The Morgan fingerprint density at radius 3 is 2.75 bits per heavy atom. The number of nitrogens with one attached hydrogen (secondary N) is 1. The van der Waals surface area contributed by atoms with E-state index < -0.39 is 0 Å². The molecule has 0 aromatic carbocycles. The summed E-state index contributed by atoms with van der Waals surface area (Å²) in [5.74, 6) is 2.93. The molecule has 1 aromatic rings. The van der Waals surface area contributed by atoms with Crippen LogP contribution in [-0.2, 0) is 0 Å². The average Bonchev–Trinajstić information content (AvgIpc) is 2.24. The molecule has 0 unspecified atom stereocenters. The van der Waals surface area contributed by atoms with E-state index in [-0.39, 0.29) is 0 Å². The van der Waals surface area contributed by atoms with Gasteiger partial charge in [0.1, 0.15) is 16.7 Å². The average molecular weight is 239 g/mol. The largest absolute Gasteiger partial charge is 0.370 e. The van der Waals surface area contributed by atoms with Crippen LogP contribution in [-0.4, -0.2) is 22.3 Å². The van der Waals surface area contributed by atoms with Crippen LogP contribution in [0.15, 0.2) is 11.1 Å². The zero-order valence-electron chi connectivity index (χ0n) is 10.4. The highest BCUT2D eigenvalue weighted by atomic mass is 32.2. The third-order valence-corrected chi connectivity index (χ3v) is 3.17. The first-order chi connectivity index (χ1) is 7.76. The highest BCUT2D eigenvalue weighted by molar-refractivity contribution is 7.99. The third kappa shape index (κ3) is 4.84. The van der Waals surface area contributed by atoms with Crippen molar-refractivity contribution in [1.29, 1.82) is 0 Å². The second-order valence-electron chi connectivity index (χ2n) is 3.72. The molecule has 90 valence electrons. The predicted octanol–water partition coefficient (Wildman–Crippen LogP) is 3.50. The number of hydrogen-bond donors (Lipinski definition) is 1. The van der Waals surface area contributed by atoms with Gasteiger partial charge in [-0.15, -0.1) is 11.8 Å². The highest BCUT2D eigenvalue weighted by Crippen LogP contribution is 2.20. The van der Waals surface area contributed by atoms with E-state index in [9.17, 15) is 0 Å². The number of thioether (sulfide) groups is 1. The molecule has 0 saturated heterocycles. The summed E-state index contributed by atoms with van der Waals surface area (Å²) in [5, 5.41) is 4.31. The smallest absolute Gasteiger partial charge is 0.130 e. The third-order valence-electron chi connectivity index (χ3n) is 2.17. The molecule has 0 spiro atoms. The fraction of sp³-hybridized carbons (Fsp3) is 0.667. The minimum absolute atomic E-state index is 0.844.